The Labute approximate surface area is 126 Å². The molecule has 5 atom stereocenters. The fraction of sp³-hybridized carbons (Fsp3) is 0.933. The maximum Gasteiger partial charge on any atom is 0.293 e. The summed E-state index contributed by atoms with van der Waals surface area (Å²) in [6.07, 6.45) is -2.09. The van der Waals surface area contributed by atoms with Gasteiger partial charge in [-0.1, -0.05) is 13.8 Å². The monoisotopic (exact) mass is 304 g/mol. The summed E-state index contributed by atoms with van der Waals surface area (Å²) in [5, 5.41) is 20.0. The first-order valence-electron chi connectivity index (χ1n) is 7.55. The maximum absolute atomic E-state index is 10.7. The summed E-state index contributed by atoms with van der Waals surface area (Å²) in [6, 6.07) is 0. The van der Waals surface area contributed by atoms with E-state index < -0.39 is 18.3 Å². The van der Waals surface area contributed by atoms with E-state index in [2.05, 4.69) is 0 Å². The lowest BCUT2D eigenvalue weighted by Crippen LogP contribution is -2.51. The van der Waals surface area contributed by atoms with Crippen molar-refractivity contribution in [2.24, 2.45) is 11.8 Å². The van der Waals surface area contributed by atoms with Crippen molar-refractivity contribution in [1.82, 2.24) is 0 Å². The smallest absolute Gasteiger partial charge is 0.293 e. The Morgan fingerprint density at radius 1 is 1.33 bits per heavy atom. The fourth-order valence-corrected chi connectivity index (χ4v) is 2.86. The lowest BCUT2D eigenvalue weighted by Gasteiger charge is -2.39. The number of aliphatic hydroxyl groups excluding tert-OH is 2. The number of carbonyl (C=O) groups excluding carboxylic acids is 1. The van der Waals surface area contributed by atoms with Crippen LogP contribution in [0.15, 0.2) is 0 Å². The zero-order chi connectivity index (χ0) is 16.0. The van der Waals surface area contributed by atoms with E-state index in [9.17, 15) is 15.0 Å². The van der Waals surface area contributed by atoms with E-state index in [1.165, 1.54) is 0 Å². The fourth-order valence-electron chi connectivity index (χ4n) is 2.86. The third-order valence-corrected chi connectivity index (χ3v) is 3.76. The summed E-state index contributed by atoms with van der Waals surface area (Å²) in [7, 11) is 0. The van der Waals surface area contributed by atoms with Crippen molar-refractivity contribution >= 4 is 6.47 Å². The molecule has 0 bridgehead atoms. The van der Waals surface area contributed by atoms with Gasteiger partial charge in [0.25, 0.3) is 6.47 Å². The van der Waals surface area contributed by atoms with E-state index in [-0.39, 0.29) is 37.3 Å². The van der Waals surface area contributed by atoms with Crippen LogP contribution >= 0.6 is 0 Å². The number of carbonyl (C=O) groups is 1. The first-order chi connectivity index (χ1) is 9.90. The summed E-state index contributed by atoms with van der Waals surface area (Å²) < 4.78 is 16.6. The van der Waals surface area contributed by atoms with Crippen molar-refractivity contribution in [3.05, 3.63) is 0 Å². The lowest BCUT2D eigenvalue weighted by molar-refractivity contribution is -0.190. The van der Waals surface area contributed by atoms with Gasteiger partial charge >= 0.3 is 0 Å². The molecular weight excluding hydrogens is 276 g/mol. The topological polar surface area (TPSA) is 85.2 Å². The van der Waals surface area contributed by atoms with Crippen molar-refractivity contribution in [2.45, 2.75) is 64.6 Å². The molecule has 0 aliphatic carbocycles. The highest BCUT2D eigenvalue weighted by Gasteiger charge is 2.39. The quantitative estimate of drug-likeness (QED) is 0.704. The SMILES string of the molecule is CC(C)O[C@@H]1C(OC=O)CO[C@@H](C(C)C)C(CO)C[C@H]1O. The van der Waals surface area contributed by atoms with Gasteiger partial charge in [0, 0.05) is 12.5 Å². The molecule has 1 heterocycles. The first kappa shape index (κ1) is 18.4. The average molecular weight is 304 g/mol. The Bertz CT molecular complexity index is 307. The minimum atomic E-state index is -0.820. The van der Waals surface area contributed by atoms with Gasteiger partial charge in [-0.3, -0.25) is 4.79 Å². The van der Waals surface area contributed by atoms with Gasteiger partial charge in [0.2, 0.25) is 0 Å². The zero-order valence-electron chi connectivity index (χ0n) is 13.3. The molecule has 0 radical (unpaired) electrons. The number of rotatable bonds is 6. The molecule has 21 heavy (non-hydrogen) atoms. The van der Waals surface area contributed by atoms with Crippen LogP contribution in [0.25, 0.3) is 0 Å². The van der Waals surface area contributed by atoms with Crippen LogP contribution in [-0.4, -0.2) is 60.4 Å². The lowest BCUT2D eigenvalue weighted by atomic mass is 9.86. The highest BCUT2D eigenvalue weighted by molar-refractivity contribution is 5.37. The van der Waals surface area contributed by atoms with Crippen molar-refractivity contribution in [1.29, 1.82) is 0 Å². The van der Waals surface area contributed by atoms with Crippen LogP contribution in [0.2, 0.25) is 0 Å². The molecule has 0 spiro atoms. The average Bonchev–Trinajstić information content (AvgIpc) is 2.40. The van der Waals surface area contributed by atoms with Crippen LogP contribution in [0.5, 0.6) is 0 Å². The highest BCUT2D eigenvalue weighted by atomic mass is 16.6. The molecule has 0 saturated carbocycles. The normalized spacial score (nSPS) is 34.6. The molecule has 1 rings (SSSR count). The number of hydrogen-bond donors (Lipinski definition) is 2. The Kier molecular flexibility index (Phi) is 7.59. The van der Waals surface area contributed by atoms with Crippen molar-refractivity contribution in [3.8, 4) is 0 Å². The van der Waals surface area contributed by atoms with E-state index >= 15 is 0 Å². The highest BCUT2D eigenvalue weighted by Crippen LogP contribution is 2.28. The summed E-state index contributed by atoms with van der Waals surface area (Å²) in [6.45, 7) is 8.14. The second-order valence-corrected chi connectivity index (χ2v) is 6.21. The molecule has 1 saturated heterocycles. The third kappa shape index (κ3) is 5.21. The Morgan fingerprint density at radius 3 is 2.48 bits per heavy atom. The van der Waals surface area contributed by atoms with Crippen LogP contribution in [-0.2, 0) is 19.0 Å². The molecule has 2 N–H and O–H groups in total. The van der Waals surface area contributed by atoms with Gasteiger partial charge in [-0.25, -0.2) is 0 Å². The van der Waals surface area contributed by atoms with Crippen LogP contribution in [0.3, 0.4) is 0 Å². The predicted molar refractivity (Wildman–Crippen MR) is 76.7 cm³/mol. The minimum absolute atomic E-state index is 0.0620. The minimum Gasteiger partial charge on any atom is -0.459 e. The van der Waals surface area contributed by atoms with Crippen LogP contribution in [0.4, 0.5) is 0 Å². The third-order valence-electron chi connectivity index (χ3n) is 3.76. The van der Waals surface area contributed by atoms with Gasteiger partial charge in [-0.15, -0.1) is 0 Å². The molecule has 1 aliphatic rings. The molecule has 0 aromatic carbocycles. The van der Waals surface area contributed by atoms with Gasteiger partial charge < -0.3 is 24.4 Å². The van der Waals surface area contributed by atoms with E-state index in [1.807, 2.05) is 27.7 Å². The van der Waals surface area contributed by atoms with Gasteiger partial charge in [0.15, 0.2) is 6.10 Å². The van der Waals surface area contributed by atoms with Crippen molar-refractivity contribution in [2.75, 3.05) is 13.2 Å². The summed E-state index contributed by atoms with van der Waals surface area (Å²) >= 11 is 0. The maximum atomic E-state index is 10.7. The van der Waals surface area contributed by atoms with Gasteiger partial charge in [-0.05, 0) is 26.2 Å². The molecule has 0 aromatic rings. The molecule has 0 amide bonds. The van der Waals surface area contributed by atoms with Crippen molar-refractivity contribution < 1.29 is 29.2 Å². The standard InChI is InChI=1S/C15H28O6/c1-9(2)14-11(6-16)5-12(18)15(21-10(3)4)13(7-19-14)20-8-17/h8-16,18H,5-7H2,1-4H3/t11?,12-,13?,14+,15+/m1/s1. The van der Waals surface area contributed by atoms with Gasteiger partial charge in [0.1, 0.15) is 6.10 Å². The van der Waals surface area contributed by atoms with Gasteiger partial charge in [-0.2, -0.15) is 0 Å². The predicted octanol–water partition coefficient (Wildman–Crippen LogP) is 0.736. The number of hydrogen-bond acceptors (Lipinski definition) is 6. The molecular formula is C15H28O6. The number of ether oxygens (including phenoxy) is 3. The zero-order valence-corrected chi connectivity index (χ0v) is 13.3. The van der Waals surface area contributed by atoms with Crippen LogP contribution in [0.1, 0.15) is 34.1 Å². The molecule has 1 fully saturated rings. The summed E-state index contributed by atoms with van der Waals surface area (Å²) in [5.74, 6) is 0.0178. The second kappa shape index (κ2) is 8.68. The van der Waals surface area contributed by atoms with Crippen LogP contribution < -0.4 is 0 Å². The second-order valence-electron chi connectivity index (χ2n) is 6.21. The number of aliphatic hydroxyl groups is 2. The van der Waals surface area contributed by atoms with Crippen molar-refractivity contribution in [3.63, 3.8) is 0 Å². The first-order valence-corrected chi connectivity index (χ1v) is 7.55. The van der Waals surface area contributed by atoms with Gasteiger partial charge in [0.05, 0.1) is 24.9 Å². The summed E-state index contributed by atoms with van der Waals surface area (Å²) in [5.41, 5.74) is 0. The van der Waals surface area contributed by atoms with E-state index in [4.69, 9.17) is 14.2 Å². The molecule has 6 nitrogen and oxygen atoms in total. The Hall–Kier alpha value is -0.690. The summed E-state index contributed by atoms with van der Waals surface area (Å²) in [4.78, 5) is 10.7. The molecule has 124 valence electrons. The van der Waals surface area contributed by atoms with E-state index in [0.29, 0.717) is 12.9 Å². The molecule has 0 aromatic heterocycles. The largest absolute Gasteiger partial charge is 0.459 e. The molecule has 2 unspecified atom stereocenters. The molecule has 1 aliphatic heterocycles. The van der Waals surface area contributed by atoms with E-state index in [0.717, 1.165) is 0 Å². The van der Waals surface area contributed by atoms with Crippen LogP contribution in [0, 0.1) is 11.8 Å². The van der Waals surface area contributed by atoms with E-state index in [1.54, 1.807) is 0 Å². The Morgan fingerprint density at radius 2 is 2.00 bits per heavy atom. The Balaban J connectivity index is 2.92. The molecule has 6 heteroatoms.